The van der Waals surface area contributed by atoms with Crippen LogP contribution in [0.4, 0.5) is 4.39 Å². The van der Waals surface area contributed by atoms with Crippen LogP contribution in [-0.4, -0.2) is 41.8 Å². The van der Waals surface area contributed by atoms with Crippen molar-refractivity contribution in [3.63, 3.8) is 0 Å². The first-order valence-corrected chi connectivity index (χ1v) is 5.45. The summed E-state index contributed by atoms with van der Waals surface area (Å²) >= 11 is 0. The third-order valence-electron chi connectivity index (χ3n) is 2.63. The van der Waals surface area contributed by atoms with Crippen molar-refractivity contribution in [3.05, 3.63) is 0 Å². The van der Waals surface area contributed by atoms with Crippen molar-refractivity contribution in [2.75, 3.05) is 13.1 Å². The molecule has 3 heteroatoms. The smallest absolute Gasteiger partial charge is 0.129 e. The lowest BCUT2D eigenvalue weighted by Gasteiger charge is -2.27. The largest absolute Gasteiger partial charge is 0.305 e. The zero-order chi connectivity index (χ0) is 10.9. The van der Waals surface area contributed by atoms with E-state index >= 15 is 0 Å². The van der Waals surface area contributed by atoms with Gasteiger partial charge >= 0.3 is 0 Å². The molecular formula is C11H23FN2. The van der Waals surface area contributed by atoms with Gasteiger partial charge in [0.05, 0.1) is 6.04 Å². The molecule has 1 rings (SSSR count). The number of nitrogens with one attached hydrogen (secondary N) is 1. The molecule has 0 amide bonds. The minimum Gasteiger partial charge on any atom is -0.305 e. The summed E-state index contributed by atoms with van der Waals surface area (Å²) in [5, 5.41) is 3.34. The molecule has 0 aromatic heterocycles. The highest BCUT2D eigenvalue weighted by Crippen LogP contribution is 2.18. The van der Waals surface area contributed by atoms with Gasteiger partial charge in [-0.3, -0.25) is 4.90 Å². The van der Waals surface area contributed by atoms with E-state index in [1.807, 2.05) is 0 Å². The topological polar surface area (TPSA) is 15.3 Å². The predicted molar refractivity (Wildman–Crippen MR) is 58.3 cm³/mol. The summed E-state index contributed by atoms with van der Waals surface area (Å²) in [4.78, 5) is 2.19. The van der Waals surface area contributed by atoms with Crippen LogP contribution in [0.5, 0.6) is 0 Å². The highest BCUT2D eigenvalue weighted by atomic mass is 19.1. The number of rotatable bonds is 2. The summed E-state index contributed by atoms with van der Waals surface area (Å²) in [6.07, 6.45) is -0.725. The zero-order valence-electron chi connectivity index (χ0n) is 9.97. The SMILES string of the molecule is CC(C)N1C[C@H](F)[C@H](NC(C)(C)C)C1. The number of hydrogen-bond donors (Lipinski definition) is 1. The third-order valence-corrected chi connectivity index (χ3v) is 2.63. The molecule has 0 bridgehead atoms. The Balaban J connectivity index is 2.49. The maximum Gasteiger partial charge on any atom is 0.129 e. The van der Waals surface area contributed by atoms with Gasteiger partial charge in [0.1, 0.15) is 6.17 Å². The molecule has 0 aromatic rings. The summed E-state index contributed by atoms with van der Waals surface area (Å²) in [6.45, 7) is 11.9. The first kappa shape index (κ1) is 11.9. The Bertz CT molecular complexity index is 186. The molecule has 0 aliphatic carbocycles. The lowest BCUT2D eigenvalue weighted by molar-refractivity contribution is 0.243. The van der Waals surface area contributed by atoms with Crippen LogP contribution < -0.4 is 5.32 Å². The standard InChI is InChI=1S/C11H23FN2/c1-8(2)14-6-9(12)10(7-14)13-11(3,4)5/h8-10,13H,6-7H2,1-5H3/t9-,10+/m0/s1. The van der Waals surface area contributed by atoms with Crippen molar-refractivity contribution in [1.82, 2.24) is 10.2 Å². The van der Waals surface area contributed by atoms with Crippen molar-refractivity contribution >= 4 is 0 Å². The van der Waals surface area contributed by atoms with Crippen molar-refractivity contribution in [2.24, 2.45) is 0 Å². The van der Waals surface area contributed by atoms with Crippen LogP contribution in [0.15, 0.2) is 0 Å². The van der Waals surface area contributed by atoms with Gasteiger partial charge in [-0.15, -0.1) is 0 Å². The van der Waals surface area contributed by atoms with E-state index < -0.39 is 6.17 Å². The molecule has 0 unspecified atom stereocenters. The second-order valence-corrected chi connectivity index (χ2v) is 5.56. The summed E-state index contributed by atoms with van der Waals surface area (Å²) in [5.41, 5.74) is 0.00198. The number of hydrogen-bond acceptors (Lipinski definition) is 2. The molecule has 1 fully saturated rings. The maximum absolute atomic E-state index is 13.6. The molecule has 0 radical (unpaired) electrons. The summed E-state index contributed by atoms with van der Waals surface area (Å²) in [6, 6.07) is 0.442. The molecule has 1 saturated heterocycles. The van der Waals surface area contributed by atoms with Crippen molar-refractivity contribution in [2.45, 2.75) is 58.4 Å². The molecule has 0 spiro atoms. The second kappa shape index (κ2) is 4.15. The van der Waals surface area contributed by atoms with E-state index in [2.05, 4.69) is 44.8 Å². The minimum absolute atomic E-state index is 0.00198. The minimum atomic E-state index is -0.725. The van der Waals surface area contributed by atoms with Gasteiger partial charge < -0.3 is 5.32 Å². The van der Waals surface area contributed by atoms with Crippen molar-refractivity contribution < 1.29 is 4.39 Å². The average Bonchev–Trinajstić information content (AvgIpc) is 2.29. The molecule has 1 heterocycles. The van der Waals surface area contributed by atoms with E-state index in [1.165, 1.54) is 0 Å². The number of likely N-dealkylation sites (tertiary alicyclic amines) is 1. The third kappa shape index (κ3) is 3.21. The van der Waals surface area contributed by atoms with E-state index in [0.29, 0.717) is 12.6 Å². The highest BCUT2D eigenvalue weighted by Gasteiger charge is 2.35. The lowest BCUT2D eigenvalue weighted by Crippen LogP contribution is -2.48. The Morgan fingerprint density at radius 3 is 2.21 bits per heavy atom. The summed E-state index contributed by atoms with van der Waals surface area (Å²) < 4.78 is 13.6. The van der Waals surface area contributed by atoms with Crippen molar-refractivity contribution in [1.29, 1.82) is 0 Å². The van der Waals surface area contributed by atoms with E-state index in [9.17, 15) is 4.39 Å². The molecule has 1 N–H and O–H groups in total. The van der Waals surface area contributed by atoms with Gasteiger partial charge in [-0.05, 0) is 34.6 Å². The predicted octanol–water partition coefficient (Wildman–Crippen LogP) is 1.81. The Morgan fingerprint density at radius 1 is 1.29 bits per heavy atom. The molecule has 0 saturated carbocycles. The second-order valence-electron chi connectivity index (χ2n) is 5.56. The van der Waals surface area contributed by atoms with Gasteiger partial charge in [-0.2, -0.15) is 0 Å². The number of alkyl halides is 1. The van der Waals surface area contributed by atoms with Gasteiger partial charge in [0.2, 0.25) is 0 Å². The fourth-order valence-electron chi connectivity index (χ4n) is 1.91. The summed E-state index contributed by atoms with van der Waals surface area (Å²) in [5.74, 6) is 0. The molecule has 1 aliphatic heterocycles. The van der Waals surface area contributed by atoms with E-state index in [0.717, 1.165) is 6.54 Å². The number of nitrogens with zero attached hydrogens (tertiary/aromatic N) is 1. The Kier molecular flexibility index (Phi) is 3.53. The molecular weight excluding hydrogens is 179 g/mol. The van der Waals surface area contributed by atoms with Crippen LogP contribution in [0.1, 0.15) is 34.6 Å². The normalized spacial score (nSPS) is 30.2. The van der Waals surface area contributed by atoms with E-state index in [1.54, 1.807) is 0 Å². The van der Waals surface area contributed by atoms with Gasteiger partial charge in [-0.25, -0.2) is 4.39 Å². The van der Waals surface area contributed by atoms with Crippen LogP contribution >= 0.6 is 0 Å². The van der Waals surface area contributed by atoms with Crippen LogP contribution in [0, 0.1) is 0 Å². The van der Waals surface area contributed by atoms with Crippen LogP contribution in [0.25, 0.3) is 0 Å². The Morgan fingerprint density at radius 2 is 1.86 bits per heavy atom. The Hall–Kier alpha value is -0.150. The number of halogens is 1. The van der Waals surface area contributed by atoms with Gasteiger partial charge in [-0.1, -0.05) is 0 Å². The fraction of sp³-hybridized carbons (Fsp3) is 1.00. The molecule has 2 atom stereocenters. The Labute approximate surface area is 86.9 Å². The monoisotopic (exact) mass is 202 g/mol. The quantitative estimate of drug-likeness (QED) is 0.734. The maximum atomic E-state index is 13.6. The van der Waals surface area contributed by atoms with Gasteiger partial charge in [0.15, 0.2) is 0 Å². The zero-order valence-corrected chi connectivity index (χ0v) is 9.97. The first-order chi connectivity index (χ1) is 6.29. The van der Waals surface area contributed by atoms with Crippen LogP contribution in [0.2, 0.25) is 0 Å². The lowest BCUT2D eigenvalue weighted by atomic mass is 10.1. The van der Waals surface area contributed by atoms with Gasteiger partial charge in [0, 0.05) is 24.7 Å². The molecule has 0 aromatic carbocycles. The van der Waals surface area contributed by atoms with Crippen LogP contribution in [-0.2, 0) is 0 Å². The molecule has 2 nitrogen and oxygen atoms in total. The van der Waals surface area contributed by atoms with E-state index in [-0.39, 0.29) is 11.6 Å². The molecule has 84 valence electrons. The van der Waals surface area contributed by atoms with Crippen LogP contribution in [0.3, 0.4) is 0 Å². The van der Waals surface area contributed by atoms with E-state index in [4.69, 9.17) is 0 Å². The summed E-state index contributed by atoms with van der Waals surface area (Å²) in [7, 11) is 0. The molecule has 1 aliphatic rings. The fourth-order valence-corrected chi connectivity index (χ4v) is 1.91. The average molecular weight is 202 g/mol. The van der Waals surface area contributed by atoms with Crippen molar-refractivity contribution in [3.8, 4) is 0 Å². The first-order valence-electron chi connectivity index (χ1n) is 5.45. The molecule has 14 heavy (non-hydrogen) atoms. The highest BCUT2D eigenvalue weighted by molar-refractivity contribution is 4.93. The van der Waals surface area contributed by atoms with Gasteiger partial charge in [0.25, 0.3) is 0 Å².